The number of hydrogen-bond donors (Lipinski definition) is 0. The zero-order valence-corrected chi connectivity index (χ0v) is 11.7. The van der Waals surface area contributed by atoms with Gasteiger partial charge < -0.3 is 0 Å². The van der Waals surface area contributed by atoms with Crippen LogP contribution in [0.1, 0.15) is 25.5 Å². The Balaban J connectivity index is 2.55. The highest BCUT2D eigenvalue weighted by atomic mass is 15.0. The number of rotatable bonds is 4. The van der Waals surface area contributed by atoms with E-state index in [0.717, 1.165) is 11.1 Å². The van der Waals surface area contributed by atoms with Crippen molar-refractivity contribution in [2.45, 2.75) is 13.8 Å². The number of aromatic nitrogens is 3. The van der Waals surface area contributed by atoms with Crippen molar-refractivity contribution in [3.05, 3.63) is 66.8 Å². The average molecular weight is 263 g/mol. The van der Waals surface area contributed by atoms with E-state index in [1.807, 2.05) is 68.5 Å². The first-order valence-electron chi connectivity index (χ1n) is 6.50. The molecule has 0 radical (unpaired) electrons. The quantitative estimate of drug-likeness (QED) is 0.777. The van der Waals surface area contributed by atoms with E-state index in [1.165, 1.54) is 0 Å². The van der Waals surface area contributed by atoms with Crippen molar-refractivity contribution in [1.29, 1.82) is 0 Å². The van der Waals surface area contributed by atoms with E-state index in [-0.39, 0.29) is 0 Å². The number of allylic oxidation sites excluding steroid dienone is 4. The summed E-state index contributed by atoms with van der Waals surface area (Å²) in [7, 11) is 0. The minimum absolute atomic E-state index is 0.602. The molecule has 20 heavy (non-hydrogen) atoms. The van der Waals surface area contributed by atoms with Gasteiger partial charge in [-0.1, -0.05) is 55.1 Å². The van der Waals surface area contributed by atoms with Crippen LogP contribution in [0.15, 0.2) is 55.1 Å². The van der Waals surface area contributed by atoms with Gasteiger partial charge in [0.15, 0.2) is 17.5 Å². The third-order valence-electron chi connectivity index (χ3n) is 2.66. The van der Waals surface area contributed by atoms with E-state index in [0.29, 0.717) is 17.5 Å². The third kappa shape index (κ3) is 3.26. The second-order valence-corrected chi connectivity index (χ2v) is 4.23. The summed E-state index contributed by atoms with van der Waals surface area (Å²) >= 11 is 0. The van der Waals surface area contributed by atoms with E-state index in [2.05, 4.69) is 21.5 Å². The lowest BCUT2D eigenvalue weighted by Gasteiger charge is -2.05. The predicted octanol–water partition coefficient (Wildman–Crippen LogP) is 4.16. The lowest BCUT2D eigenvalue weighted by atomic mass is 10.2. The van der Waals surface area contributed by atoms with E-state index in [4.69, 9.17) is 0 Å². The highest BCUT2D eigenvalue weighted by Crippen LogP contribution is 2.17. The number of nitrogens with zero attached hydrogens (tertiary/aromatic N) is 3. The molecule has 0 unspecified atom stereocenters. The van der Waals surface area contributed by atoms with Gasteiger partial charge >= 0.3 is 0 Å². The van der Waals surface area contributed by atoms with Gasteiger partial charge in [0, 0.05) is 11.1 Å². The Kier molecular flexibility index (Phi) is 4.56. The summed E-state index contributed by atoms with van der Waals surface area (Å²) in [6.07, 6.45) is 7.58. The SMILES string of the molecule is C=C(/C=C\C)c1nc(/C=C/C)nc(-c2ccccc2)n1. The molecule has 100 valence electrons. The van der Waals surface area contributed by atoms with Crippen LogP contribution in [0.2, 0.25) is 0 Å². The molecule has 0 atom stereocenters. The van der Waals surface area contributed by atoms with Crippen molar-refractivity contribution in [2.75, 3.05) is 0 Å². The van der Waals surface area contributed by atoms with Crippen molar-refractivity contribution in [1.82, 2.24) is 15.0 Å². The fourth-order valence-corrected chi connectivity index (χ4v) is 1.75. The van der Waals surface area contributed by atoms with Crippen molar-refractivity contribution < 1.29 is 0 Å². The van der Waals surface area contributed by atoms with E-state index in [9.17, 15) is 0 Å². The summed E-state index contributed by atoms with van der Waals surface area (Å²) in [5.41, 5.74) is 1.74. The maximum Gasteiger partial charge on any atom is 0.164 e. The zero-order valence-electron chi connectivity index (χ0n) is 11.7. The third-order valence-corrected chi connectivity index (χ3v) is 2.66. The number of benzene rings is 1. The van der Waals surface area contributed by atoms with E-state index < -0.39 is 0 Å². The van der Waals surface area contributed by atoms with Crippen molar-refractivity contribution >= 4 is 11.6 Å². The highest BCUT2D eigenvalue weighted by Gasteiger charge is 2.08. The Morgan fingerprint density at radius 3 is 2.40 bits per heavy atom. The van der Waals surface area contributed by atoms with E-state index in [1.54, 1.807) is 0 Å². The van der Waals surface area contributed by atoms with Gasteiger partial charge in [0.05, 0.1) is 0 Å². The van der Waals surface area contributed by atoms with Gasteiger partial charge in [0.25, 0.3) is 0 Å². The van der Waals surface area contributed by atoms with Gasteiger partial charge in [0.2, 0.25) is 0 Å². The molecule has 1 heterocycles. The number of hydrogen-bond acceptors (Lipinski definition) is 3. The Bertz CT molecular complexity index is 655. The topological polar surface area (TPSA) is 38.7 Å². The first-order chi connectivity index (χ1) is 9.74. The molecule has 2 aromatic rings. The van der Waals surface area contributed by atoms with Crippen LogP contribution >= 0.6 is 0 Å². The standard InChI is InChI=1S/C17H17N3/c1-4-9-13(3)16-18-15(10-5-2)19-17(20-16)14-11-7-6-8-12-14/h4-12H,3H2,1-2H3/b9-4-,10-5+. The molecule has 0 saturated carbocycles. The normalized spacial score (nSPS) is 11.3. The van der Waals surface area contributed by atoms with Crippen LogP contribution in [0.3, 0.4) is 0 Å². The minimum atomic E-state index is 0.602. The molecule has 0 spiro atoms. The Morgan fingerprint density at radius 2 is 1.75 bits per heavy atom. The van der Waals surface area contributed by atoms with Crippen molar-refractivity contribution in [3.8, 4) is 11.4 Å². The van der Waals surface area contributed by atoms with Crippen LogP contribution in [-0.2, 0) is 0 Å². The minimum Gasteiger partial charge on any atom is -0.209 e. The molecule has 3 heteroatoms. The first-order valence-corrected chi connectivity index (χ1v) is 6.50. The van der Waals surface area contributed by atoms with Crippen molar-refractivity contribution in [2.24, 2.45) is 0 Å². The molecule has 0 saturated heterocycles. The van der Waals surface area contributed by atoms with Gasteiger partial charge in [-0.2, -0.15) is 0 Å². The largest absolute Gasteiger partial charge is 0.209 e. The summed E-state index contributed by atoms with van der Waals surface area (Å²) in [4.78, 5) is 13.4. The van der Waals surface area contributed by atoms with Gasteiger partial charge in [-0.15, -0.1) is 0 Å². The fraction of sp³-hybridized carbons (Fsp3) is 0.118. The van der Waals surface area contributed by atoms with Gasteiger partial charge in [-0.25, -0.2) is 15.0 Å². The maximum atomic E-state index is 4.50. The van der Waals surface area contributed by atoms with Crippen molar-refractivity contribution in [3.63, 3.8) is 0 Å². The highest BCUT2D eigenvalue weighted by molar-refractivity contribution is 5.69. The lowest BCUT2D eigenvalue weighted by Crippen LogP contribution is -2.01. The fourth-order valence-electron chi connectivity index (χ4n) is 1.75. The van der Waals surface area contributed by atoms with Crippen LogP contribution in [0, 0.1) is 0 Å². The molecule has 0 fully saturated rings. The molecule has 3 nitrogen and oxygen atoms in total. The molecule has 1 aromatic carbocycles. The van der Waals surface area contributed by atoms with Gasteiger partial charge in [0.1, 0.15) is 0 Å². The summed E-state index contributed by atoms with van der Waals surface area (Å²) < 4.78 is 0. The first kappa shape index (κ1) is 13.9. The molecule has 0 aliphatic heterocycles. The second kappa shape index (κ2) is 6.57. The Labute approximate surface area is 119 Å². The molecule has 2 rings (SSSR count). The second-order valence-electron chi connectivity index (χ2n) is 4.23. The molecule has 0 amide bonds. The van der Waals surface area contributed by atoms with Gasteiger partial charge in [-0.3, -0.25) is 0 Å². The molecular weight excluding hydrogens is 246 g/mol. The smallest absolute Gasteiger partial charge is 0.164 e. The molecular formula is C17H17N3. The van der Waals surface area contributed by atoms with Crippen LogP contribution < -0.4 is 0 Å². The molecule has 0 aliphatic carbocycles. The van der Waals surface area contributed by atoms with Crippen LogP contribution in [-0.4, -0.2) is 15.0 Å². The predicted molar refractivity (Wildman–Crippen MR) is 83.8 cm³/mol. The Morgan fingerprint density at radius 1 is 1.00 bits per heavy atom. The van der Waals surface area contributed by atoms with Crippen LogP contribution in [0.5, 0.6) is 0 Å². The zero-order chi connectivity index (χ0) is 14.4. The average Bonchev–Trinajstić information content (AvgIpc) is 2.48. The monoisotopic (exact) mass is 263 g/mol. The maximum absolute atomic E-state index is 4.50. The summed E-state index contributed by atoms with van der Waals surface area (Å²) in [6.45, 7) is 7.87. The van der Waals surface area contributed by atoms with Crippen LogP contribution in [0.4, 0.5) is 0 Å². The van der Waals surface area contributed by atoms with Gasteiger partial charge in [-0.05, 0) is 19.9 Å². The summed E-state index contributed by atoms with van der Waals surface area (Å²) in [5.74, 6) is 1.90. The molecule has 0 aliphatic rings. The van der Waals surface area contributed by atoms with Crippen LogP contribution in [0.25, 0.3) is 23.0 Å². The van der Waals surface area contributed by atoms with E-state index >= 15 is 0 Å². The summed E-state index contributed by atoms with van der Waals surface area (Å²) in [6, 6.07) is 9.87. The molecule has 0 N–H and O–H groups in total. The summed E-state index contributed by atoms with van der Waals surface area (Å²) in [5, 5.41) is 0. The molecule has 0 bridgehead atoms. The Hall–Kier alpha value is -2.55. The molecule has 1 aromatic heterocycles. The lowest BCUT2D eigenvalue weighted by molar-refractivity contribution is 1.01.